The Morgan fingerprint density at radius 1 is 0.800 bits per heavy atom. The SMILES string of the molecule is C.O.O.O.O.O=C=O.O=O.[HH].[HH].[HH].[HH].[HH].[HH].[HH].[HH]. The lowest BCUT2D eigenvalue weighted by Gasteiger charge is -0.945. The molecule has 0 aromatic heterocycles. The van der Waals surface area contributed by atoms with E-state index in [1.165, 1.54) is 0 Å². The van der Waals surface area contributed by atoms with Crippen LogP contribution < -0.4 is 0 Å². The molecule has 0 aromatic carbocycles. The highest BCUT2D eigenvalue weighted by Crippen LogP contribution is 0.787. The molecule has 84 valence electrons. The molecule has 0 rings (SSSR count). The Morgan fingerprint density at radius 2 is 0.800 bits per heavy atom. The highest BCUT2D eigenvalue weighted by Gasteiger charge is 1.13. The molecule has 0 amide bonds. The molecule has 0 saturated heterocycles. The van der Waals surface area contributed by atoms with Crippen LogP contribution in [0, 0.1) is 9.93 Å². The average molecular weight is 180 g/mol. The van der Waals surface area contributed by atoms with Gasteiger partial charge >= 0.3 is 6.15 Å². The molecular formula is C2H28O8. The highest BCUT2D eigenvalue weighted by molar-refractivity contribution is 5.20. The van der Waals surface area contributed by atoms with Gasteiger partial charge in [0.1, 0.15) is 0 Å². The molecular weight excluding hydrogens is 152 g/mol. The Hall–Kier alpha value is -1.18. The van der Waals surface area contributed by atoms with Crippen LogP contribution in [0.25, 0.3) is 0 Å². The van der Waals surface area contributed by atoms with Crippen LogP contribution in [0.4, 0.5) is 0 Å². The van der Waals surface area contributed by atoms with Crippen LogP contribution in [-0.2, 0) is 9.59 Å². The Morgan fingerprint density at radius 3 is 0.800 bits per heavy atom. The van der Waals surface area contributed by atoms with Crippen molar-refractivity contribution in [1.82, 2.24) is 0 Å². The number of hydrogen-bond acceptors (Lipinski definition) is 4. The molecule has 0 unspecified atom stereocenters. The Labute approximate surface area is 68.2 Å². The molecule has 0 spiro atoms. The summed E-state index contributed by atoms with van der Waals surface area (Å²) in [6, 6.07) is 0. The smallest absolute Gasteiger partial charge is 0.373 e. The van der Waals surface area contributed by atoms with Gasteiger partial charge in [-0.3, -0.25) is 0 Å². The van der Waals surface area contributed by atoms with E-state index >= 15 is 0 Å². The second kappa shape index (κ2) is 11200. The van der Waals surface area contributed by atoms with Crippen molar-refractivity contribution >= 4 is 6.15 Å². The predicted octanol–water partition coefficient (Wildman–Crippen LogP) is -1.21. The van der Waals surface area contributed by atoms with E-state index in [2.05, 4.69) is 0 Å². The minimum absolute atomic E-state index is 0. The average Bonchev–Trinajstić information content (AvgIpc) is 1.46. The van der Waals surface area contributed by atoms with Crippen LogP contribution in [-0.4, -0.2) is 28.1 Å². The number of rotatable bonds is 0. The molecule has 8 heteroatoms. The van der Waals surface area contributed by atoms with Crippen molar-refractivity contribution in [1.29, 1.82) is 0 Å². The van der Waals surface area contributed by atoms with Gasteiger partial charge in [-0.05, 0) is 0 Å². The van der Waals surface area contributed by atoms with E-state index in [4.69, 9.17) is 19.5 Å². The maximum Gasteiger partial charge on any atom is 0.373 e. The third-order valence-corrected chi connectivity index (χ3v) is 0. The van der Waals surface area contributed by atoms with Crippen LogP contribution in [0.3, 0.4) is 0 Å². The maximum absolute atomic E-state index is 8.12. The summed E-state index contributed by atoms with van der Waals surface area (Å²) >= 11 is 0. The Balaban J connectivity index is -0.000000000452. The lowest BCUT2D eigenvalue weighted by Crippen LogP contribution is -1.22. The first-order valence-corrected chi connectivity index (χ1v) is 0.575. The topological polar surface area (TPSA) is 194 Å². The van der Waals surface area contributed by atoms with Gasteiger partial charge in [0.05, 0.1) is 0 Å². The molecule has 8 N–H and O–H groups in total. The molecule has 0 fully saturated rings. The fourth-order valence-corrected chi connectivity index (χ4v) is 0. The van der Waals surface area contributed by atoms with Crippen molar-refractivity contribution in [3.8, 4) is 0 Å². The largest absolute Gasteiger partial charge is 0.412 e. The maximum atomic E-state index is 8.12. The van der Waals surface area contributed by atoms with Crippen molar-refractivity contribution in [2.24, 2.45) is 0 Å². The molecule has 0 aliphatic heterocycles. The van der Waals surface area contributed by atoms with Crippen molar-refractivity contribution in [3.63, 3.8) is 0 Å². The van der Waals surface area contributed by atoms with Crippen molar-refractivity contribution in [3.05, 3.63) is 9.93 Å². The summed E-state index contributed by atoms with van der Waals surface area (Å²) in [5.41, 5.74) is 0. The fraction of sp³-hybridized carbons (Fsp3) is 0.500. The molecule has 8 nitrogen and oxygen atoms in total. The van der Waals surface area contributed by atoms with Gasteiger partial charge in [-0.15, -0.1) is 0 Å². The molecule has 0 radical (unpaired) electrons. The first-order chi connectivity index (χ1) is 2.41. The van der Waals surface area contributed by atoms with E-state index in [-0.39, 0.29) is 46.9 Å². The fourth-order valence-electron chi connectivity index (χ4n) is 0. The third-order valence-electron chi connectivity index (χ3n) is 0. The summed E-state index contributed by atoms with van der Waals surface area (Å²) in [6.45, 7) is 0. The molecule has 0 atom stereocenters. The standard InChI is InChI=1S/CO2.CH4.O2.4H2O.8H2/c2-1-3;;1-2;;;;;;;;;;;;/h;1H4;;4*1H2;8*1H. The van der Waals surface area contributed by atoms with Gasteiger partial charge in [-0.2, -0.15) is 9.59 Å². The van der Waals surface area contributed by atoms with Crippen LogP contribution in [0.2, 0.25) is 0 Å². The van der Waals surface area contributed by atoms with E-state index in [1.54, 1.807) is 0 Å². The van der Waals surface area contributed by atoms with E-state index in [0.29, 0.717) is 0 Å². The molecule has 0 heterocycles. The summed E-state index contributed by atoms with van der Waals surface area (Å²) in [5.74, 6) is 0. The minimum Gasteiger partial charge on any atom is -0.412 e. The molecule has 0 aliphatic carbocycles. The monoisotopic (exact) mass is 180 g/mol. The van der Waals surface area contributed by atoms with Gasteiger partial charge in [0.2, 0.25) is 0 Å². The lowest BCUT2D eigenvalue weighted by atomic mass is 11.8. The minimum atomic E-state index is 0. The molecule has 0 aliphatic rings. The summed E-state index contributed by atoms with van der Waals surface area (Å²) in [6.07, 6.45) is 0.250. The zero-order valence-corrected chi connectivity index (χ0v) is 4.13. The van der Waals surface area contributed by atoms with Crippen LogP contribution in [0.15, 0.2) is 0 Å². The van der Waals surface area contributed by atoms with Gasteiger partial charge in [-0.25, -0.2) is 0 Å². The van der Waals surface area contributed by atoms with Gasteiger partial charge in [0.25, 0.3) is 0 Å². The first kappa shape index (κ1) is 163. The van der Waals surface area contributed by atoms with Gasteiger partial charge in [0.15, 0.2) is 0 Å². The van der Waals surface area contributed by atoms with Crippen LogP contribution in [0.5, 0.6) is 0 Å². The van der Waals surface area contributed by atoms with Crippen molar-refractivity contribution in [2.75, 3.05) is 0 Å². The highest BCUT2D eigenvalue weighted by atomic mass is 16.7. The van der Waals surface area contributed by atoms with E-state index < -0.39 is 0 Å². The zero-order chi connectivity index (χ0) is 4.71. The Bertz CT molecular complexity index is 54.4. The normalized spacial score (nSPS) is 1.20. The summed E-state index contributed by atoms with van der Waals surface area (Å²) in [5, 5.41) is 0. The zero-order valence-electron chi connectivity index (χ0n) is 4.13. The molecule has 0 aromatic rings. The molecule has 0 saturated carbocycles. The predicted molar refractivity (Wildman–Crippen MR) is 49.8 cm³/mol. The second-order valence-electron chi connectivity index (χ2n) is 0.0833. The second-order valence-corrected chi connectivity index (χ2v) is 0.0833. The van der Waals surface area contributed by atoms with E-state index in [9.17, 15) is 0 Å². The van der Waals surface area contributed by atoms with Gasteiger partial charge in [0, 0.05) is 21.3 Å². The van der Waals surface area contributed by atoms with Crippen LogP contribution in [0.1, 0.15) is 18.8 Å². The summed E-state index contributed by atoms with van der Waals surface area (Å²) < 4.78 is 0. The van der Waals surface area contributed by atoms with E-state index in [1.807, 2.05) is 0 Å². The van der Waals surface area contributed by atoms with Crippen molar-refractivity contribution < 1.29 is 42.9 Å². The molecule has 10 heavy (non-hydrogen) atoms. The van der Waals surface area contributed by atoms with E-state index in [0.717, 1.165) is 0 Å². The summed E-state index contributed by atoms with van der Waals surface area (Å²) in [7, 11) is 0. The van der Waals surface area contributed by atoms with Gasteiger partial charge < -0.3 is 21.9 Å². The Kier molecular flexibility index (Phi) is 183000. The lowest BCUT2D eigenvalue weighted by molar-refractivity contribution is -0.191. The molecule has 0 bridgehead atoms. The quantitative estimate of drug-likeness (QED) is 0.451. The number of hydrogen-bond donors (Lipinski definition) is 0. The first-order valence-electron chi connectivity index (χ1n) is 0.575. The van der Waals surface area contributed by atoms with Gasteiger partial charge in [-0.1, -0.05) is 7.43 Å². The van der Waals surface area contributed by atoms with Crippen LogP contribution >= 0.6 is 0 Å². The number of carbonyl (C=O) groups excluding carboxylic acids is 2. The summed E-state index contributed by atoms with van der Waals surface area (Å²) in [4.78, 5) is 30.2. The van der Waals surface area contributed by atoms with Crippen molar-refractivity contribution in [2.45, 2.75) is 7.43 Å². The third kappa shape index (κ3) is 166.